The normalized spacial score (nSPS) is 20.7. The lowest BCUT2D eigenvalue weighted by molar-refractivity contribution is -0.152. The van der Waals surface area contributed by atoms with Gasteiger partial charge in [-0.05, 0) is 81.5 Å². The standard InChI is InChI=1S/C37H42IN5O5/c1-6-47-35(45)37(5)18-8-7-9-31(37)41-36(46)43-21-19-42(20-22-43)32-17-15-29(23-39-32)40-34(44)33-26(4)25(3)30(48-33)16-10-24(2)27-11-13-28(38)14-12-27/h7-13,15-17,23,28H,2,6,14,18-22H2,1,3-5H3,(H,40,44)(H,41,46)/b16-10-. The van der Waals surface area contributed by atoms with E-state index >= 15 is 0 Å². The number of nitrogens with one attached hydrogen (secondary N) is 2. The number of hydrogen-bond donors (Lipinski definition) is 2. The van der Waals surface area contributed by atoms with E-state index in [9.17, 15) is 14.4 Å². The second kappa shape index (κ2) is 15.2. The van der Waals surface area contributed by atoms with Gasteiger partial charge in [-0.25, -0.2) is 9.78 Å². The van der Waals surface area contributed by atoms with Gasteiger partial charge in [-0.1, -0.05) is 65.6 Å². The molecule has 48 heavy (non-hydrogen) atoms. The first-order chi connectivity index (χ1) is 23.0. The van der Waals surface area contributed by atoms with Gasteiger partial charge in [0.2, 0.25) is 0 Å². The summed E-state index contributed by atoms with van der Waals surface area (Å²) in [5, 5.41) is 5.84. The molecule has 0 spiro atoms. The Morgan fingerprint density at radius 3 is 2.60 bits per heavy atom. The summed E-state index contributed by atoms with van der Waals surface area (Å²) in [7, 11) is 0. The summed E-state index contributed by atoms with van der Waals surface area (Å²) in [6.07, 6.45) is 18.8. The average Bonchev–Trinajstić information content (AvgIpc) is 3.38. The van der Waals surface area contributed by atoms with E-state index in [0.717, 1.165) is 34.5 Å². The van der Waals surface area contributed by atoms with Crippen LogP contribution in [0, 0.1) is 19.3 Å². The van der Waals surface area contributed by atoms with Crippen LogP contribution in [0.3, 0.4) is 0 Å². The van der Waals surface area contributed by atoms with Crippen molar-refractivity contribution < 1.29 is 23.5 Å². The number of hydrogen-bond acceptors (Lipinski definition) is 7. The maximum absolute atomic E-state index is 13.2. The monoisotopic (exact) mass is 763 g/mol. The van der Waals surface area contributed by atoms with E-state index in [1.165, 1.54) is 0 Å². The van der Waals surface area contributed by atoms with Crippen LogP contribution < -0.4 is 15.5 Å². The SMILES string of the molecule is C=C(/C=C\c1oc(C(=O)Nc2ccc(N3CCN(C(=O)NC4=CC=CCC4(C)C(=O)OCC)CC3)nc2)c(C)c1C)C1=CCC(I)C=C1. The van der Waals surface area contributed by atoms with Crippen LogP contribution in [0.2, 0.25) is 0 Å². The van der Waals surface area contributed by atoms with Crippen LogP contribution >= 0.6 is 22.6 Å². The first kappa shape index (κ1) is 34.9. The number of carbonyl (C=O) groups excluding carboxylic acids is 3. The quantitative estimate of drug-likeness (QED) is 0.122. The van der Waals surface area contributed by atoms with Gasteiger partial charge in [-0.15, -0.1) is 0 Å². The third-order valence-corrected chi connectivity index (χ3v) is 9.85. The van der Waals surface area contributed by atoms with Crippen LogP contribution in [0.15, 0.2) is 88.7 Å². The summed E-state index contributed by atoms with van der Waals surface area (Å²) in [5.41, 5.74) is 3.79. The summed E-state index contributed by atoms with van der Waals surface area (Å²) in [6.45, 7) is 14.0. The van der Waals surface area contributed by atoms with E-state index in [-0.39, 0.29) is 30.3 Å². The lowest BCUT2D eigenvalue weighted by Crippen LogP contribution is -2.53. The van der Waals surface area contributed by atoms with E-state index in [1.54, 1.807) is 37.1 Å². The van der Waals surface area contributed by atoms with Gasteiger partial charge in [0.1, 0.15) is 17.0 Å². The number of amides is 3. The average molecular weight is 764 g/mol. The van der Waals surface area contributed by atoms with E-state index in [4.69, 9.17) is 9.15 Å². The molecular weight excluding hydrogens is 721 g/mol. The summed E-state index contributed by atoms with van der Waals surface area (Å²) in [5.74, 6) is 0.913. The van der Waals surface area contributed by atoms with Crippen LogP contribution in [0.5, 0.6) is 0 Å². The van der Waals surface area contributed by atoms with Gasteiger partial charge in [-0.3, -0.25) is 9.59 Å². The first-order valence-corrected chi connectivity index (χ1v) is 17.4. The van der Waals surface area contributed by atoms with Crippen LogP contribution in [-0.2, 0) is 9.53 Å². The van der Waals surface area contributed by atoms with Crippen molar-refractivity contribution >= 4 is 58.1 Å². The number of rotatable bonds is 9. The number of anilines is 2. The Morgan fingerprint density at radius 2 is 1.94 bits per heavy atom. The predicted molar refractivity (Wildman–Crippen MR) is 197 cm³/mol. The molecule has 2 aromatic rings. The van der Waals surface area contributed by atoms with Crippen LogP contribution in [-0.4, -0.2) is 64.5 Å². The van der Waals surface area contributed by atoms with Crippen LogP contribution in [0.4, 0.5) is 16.3 Å². The highest BCUT2D eigenvalue weighted by molar-refractivity contribution is 14.1. The molecule has 3 aliphatic rings. The van der Waals surface area contributed by atoms with E-state index in [2.05, 4.69) is 67.9 Å². The molecule has 5 rings (SSSR count). The van der Waals surface area contributed by atoms with Crippen molar-refractivity contribution in [3.63, 3.8) is 0 Å². The number of piperazine rings is 1. The molecule has 2 aromatic heterocycles. The third kappa shape index (κ3) is 7.83. The molecule has 0 bridgehead atoms. The summed E-state index contributed by atoms with van der Waals surface area (Å²) >= 11 is 2.41. The molecule has 0 saturated carbocycles. The largest absolute Gasteiger partial charge is 0.465 e. The number of furan rings is 1. The lowest BCUT2D eigenvalue weighted by Gasteiger charge is -2.37. The number of pyridine rings is 1. The number of nitrogens with zero attached hydrogens (tertiary/aromatic N) is 3. The topological polar surface area (TPSA) is 117 Å². The minimum absolute atomic E-state index is 0.252. The molecular formula is C37H42IN5O5. The second-order valence-corrected chi connectivity index (χ2v) is 13.8. The van der Waals surface area contributed by atoms with Crippen molar-refractivity contribution in [3.8, 4) is 0 Å². The predicted octanol–water partition coefficient (Wildman–Crippen LogP) is 7.05. The Hall–Kier alpha value is -4.39. The van der Waals surface area contributed by atoms with Gasteiger partial charge in [0.05, 0.1) is 18.5 Å². The maximum Gasteiger partial charge on any atom is 0.321 e. The van der Waals surface area contributed by atoms with Crippen molar-refractivity contribution in [1.82, 2.24) is 15.2 Å². The highest BCUT2D eigenvalue weighted by Crippen LogP contribution is 2.34. The molecule has 2 atom stereocenters. The van der Waals surface area contributed by atoms with Crippen molar-refractivity contribution in [2.24, 2.45) is 5.41 Å². The fourth-order valence-electron chi connectivity index (χ4n) is 5.69. The van der Waals surface area contributed by atoms with E-state index in [1.807, 2.05) is 44.2 Å². The van der Waals surface area contributed by atoms with Crippen molar-refractivity contribution in [2.45, 2.75) is 44.5 Å². The number of urea groups is 1. The molecule has 1 aliphatic heterocycles. The fourth-order valence-corrected chi connectivity index (χ4v) is 6.15. The number of carbonyl (C=O) groups is 3. The van der Waals surface area contributed by atoms with Crippen molar-refractivity contribution in [2.75, 3.05) is 43.0 Å². The number of halogens is 1. The number of ether oxygens (including phenoxy) is 1. The van der Waals surface area contributed by atoms with Gasteiger partial charge in [-0.2, -0.15) is 0 Å². The van der Waals surface area contributed by atoms with Crippen LogP contribution in [0.1, 0.15) is 54.1 Å². The third-order valence-electron chi connectivity index (χ3n) is 8.93. The zero-order valence-electron chi connectivity index (χ0n) is 27.8. The molecule has 1 saturated heterocycles. The first-order valence-electron chi connectivity index (χ1n) is 16.1. The number of aromatic nitrogens is 1. The van der Waals surface area contributed by atoms with Crippen LogP contribution in [0.25, 0.3) is 6.08 Å². The van der Waals surface area contributed by atoms with Gasteiger partial charge in [0, 0.05) is 41.4 Å². The number of esters is 1. The molecule has 3 heterocycles. The molecule has 0 aromatic carbocycles. The Morgan fingerprint density at radius 1 is 1.17 bits per heavy atom. The Balaban J connectivity index is 1.14. The number of alkyl halides is 1. The molecule has 0 radical (unpaired) electrons. The zero-order valence-corrected chi connectivity index (χ0v) is 30.0. The summed E-state index contributed by atoms with van der Waals surface area (Å²) in [4.78, 5) is 47.4. The molecule has 252 valence electrons. The second-order valence-electron chi connectivity index (χ2n) is 12.2. The van der Waals surface area contributed by atoms with Gasteiger partial charge in [0.25, 0.3) is 5.91 Å². The van der Waals surface area contributed by atoms with Crippen molar-refractivity contribution in [3.05, 3.63) is 107 Å². The molecule has 10 nitrogen and oxygen atoms in total. The minimum atomic E-state index is -0.935. The van der Waals surface area contributed by atoms with E-state index < -0.39 is 5.41 Å². The zero-order chi connectivity index (χ0) is 34.4. The van der Waals surface area contributed by atoms with Gasteiger partial charge >= 0.3 is 12.0 Å². The molecule has 11 heteroatoms. The lowest BCUT2D eigenvalue weighted by atomic mass is 9.80. The number of allylic oxidation sites excluding steroid dienone is 9. The highest BCUT2D eigenvalue weighted by Gasteiger charge is 2.40. The van der Waals surface area contributed by atoms with Gasteiger partial charge < -0.3 is 29.6 Å². The fraction of sp³-hybridized carbons (Fsp3) is 0.351. The Labute approximate surface area is 295 Å². The van der Waals surface area contributed by atoms with Gasteiger partial charge in [0.15, 0.2) is 5.76 Å². The molecule has 1 fully saturated rings. The molecule has 2 aliphatic carbocycles. The van der Waals surface area contributed by atoms with Crippen molar-refractivity contribution in [1.29, 1.82) is 0 Å². The highest BCUT2D eigenvalue weighted by atomic mass is 127. The molecule has 2 N–H and O–H groups in total. The minimum Gasteiger partial charge on any atom is -0.465 e. The summed E-state index contributed by atoms with van der Waals surface area (Å²) < 4.78 is 11.8. The maximum atomic E-state index is 13.2. The smallest absolute Gasteiger partial charge is 0.321 e. The Bertz CT molecular complexity index is 1730. The molecule has 2 unspecified atom stereocenters. The summed E-state index contributed by atoms with van der Waals surface area (Å²) in [6, 6.07) is 3.41. The Kier molecular flexibility index (Phi) is 11.1. The molecule has 3 amide bonds. The van der Waals surface area contributed by atoms with E-state index in [0.29, 0.717) is 53.7 Å².